The van der Waals surface area contributed by atoms with Crippen LogP contribution in [0.1, 0.15) is 58.1 Å². The molecule has 1 aliphatic carbocycles. The Hall–Kier alpha value is -3.15. The fraction of sp³-hybridized carbons (Fsp3) is 0.480. The highest BCUT2D eigenvalue weighted by molar-refractivity contribution is 5.91. The van der Waals surface area contributed by atoms with Gasteiger partial charge in [-0.15, -0.1) is 0 Å². The van der Waals surface area contributed by atoms with Gasteiger partial charge in [-0.05, 0) is 57.4 Å². The van der Waals surface area contributed by atoms with Crippen molar-refractivity contribution in [1.29, 1.82) is 5.26 Å². The van der Waals surface area contributed by atoms with Crippen molar-refractivity contribution in [3.8, 4) is 6.07 Å². The number of aromatic nitrogens is 3. The number of pyridine rings is 1. The smallest absolute Gasteiger partial charge is 0.261 e. The molecule has 2 aliphatic rings. The molecule has 0 radical (unpaired) electrons. The third-order valence-electron chi connectivity index (χ3n) is 6.74. The van der Waals surface area contributed by atoms with Gasteiger partial charge in [0.2, 0.25) is 0 Å². The first kappa shape index (κ1) is 21.7. The summed E-state index contributed by atoms with van der Waals surface area (Å²) < 4.78 is 13.8. The van der Waals surface area contributed by atoms with Gasteiger partial charge in [0, 0.05) is 11.9 Å². The highest BCUT2D eigenvalue weighted by Gasteiger charge is 2.43. The Morgan fingerprint density at radius 3 is 2.82 bits per heavy atom. The molecule has 2 aromatic heterocycles. The lowest BCUT2D eigenvalue weighted by molar-refractivity contribution is -0.159. The zero-order valence-corrected chi connectivity index (χ0v) is 19.2. The lowest BCUT2D eigenvalue weighted by Gasteiger charge is -2.27. The highest BCUT2D eigenvalue weighted by Crippen LogP contribution is 2.40. The van der Waals surface area contributed by atoms with Gasteiger partial charge in [0.25, 0.3) is 5.56 Å². The fourth-order valence-corrected chi connectivity index (χ4v) is 5.11. The van der Waals surface area contributed by atoms with Crippen LogP contribution in [0, 0.1) is 17.2 Å². The van der Waals surface area contributed by atoms with Gasteiger partial charge in [-0.3, -0.25) is 9.48 Å². The second kappa shape index (κ2) is 8.01. The van der Waals surface area contributed by atoms with Crippen LogP contribution in [0.2, 0.25) is 0 Å². The van der Waals surface area contributed by atoms with E-state index in [0.29, 0.717) is 17.8 Å². The molecule has 1 aromatic carbocycles. The molecule has 172 valence electrons. The Bertz CT molecular complexity index is 1290. The first-order valence-corrected chi connectivity index (χ1v) is 11.5. The predicted molar refractivity (Wildman–Crippen MR) is 125 cm³/mol. The molecule has 3 aromatic rings. The summed E-state index contributed by atoms with van der Waals surface area (Å²) in [4.78, 5) is 15.5. The first-order chi connectivity index (χ1) is 15.8. The summed E-state index contributed by atoms with van der Waals surface area (Å²) in [5, 5.41) is 18.4. The molecule has 2 N–H and O–H groups in total. The maximum atomic E-state index is 12.8. The van der Waals surface area contributed by atoms with Crippen LogP contribution < -0.4 is 10.9 Å². The normalized spacial score (nSPS) is 26.8. The van der Waals surface area contributed by atoms with E-state index in [4.69, 9.17) is 14.6 Å². The SMILES string of the molecule is CC1(C)OCC(C)(c2cccc(Nc3nn(C4CCCCC4C#N)c4cc[nH]c(=O)c34)c2)O1. The molecule has 0 amide bonds. The van der Waals surface area contributed by atoms with Crippen molar-refractivity contribution in [2.45, 2.75) is 63.9 Å². The number of anilines is 2. The van der Waals surface area contributed by atoms with Crippen molar-refractivity contribution in [2.75, 3.05) is 11.9 Å². The molecule has 3 unspecified atom stereocenters. The molecule has 2 fully saturated rings. The maximum absolute atomic E-state index is 12.8. The van der Waals surface area contributed by atoms with E-state index in [1.165, 1.54) is 0 Å². The number of nitriles is 1. The third kappa shape index (κ3) is 3.92. The summed E-state index contributed by atoms with van der Waals surface area (Å²) >= 11 is 0. The van der Waals surface area contributed by atoms with Crippen LogP contribution in [0.15, 0.2) is 41.3 Å². The van der Waals surface area contributed by atoms with Crippen LogP contribution in [-0.2, 0) is 15.1 Å². The highest BCUT2D eigenvalue weighted by atomic mass is 16.8. The third-order valence-corrected chi connectivity index (χ3v) is 6.74. The van der Waals surface area contributed by atoms with Crippen molar-refractivity contribution in [2.24, 2.45) is 5.92 Å². The van der Waals surface area contributed by atoms with E-state index in [0.717, 1.165) is 42.5 Å². The number of rotatable bonds is 4. The molecular weight excluding hydrogens is 418 g/mol. The second-order valence-corrected chi connectivity index (χ2v) is 9.67. The van der Waals surface area contributed by atoms with Gasteiger partial charge < -0.3 is 19.8 Å². The summed E-state index contributed by atoms with van der Waals surface area (Å²) in [6, 6.07) is 12.2. The van der Waals surface area contributed by atoms with Gasteiger partial charge in [0.1, 0.15) is 11.0 Å². The Morgan fingerprint density at radius 2 is 2.06 bits per heavy atom. The standard InChI is InChI=1S/C25H29N5O3/c1-24(2)32-15-25(3,33-24)17-8-6-9-18(13-17)28-22-21-20(11-12-27-23(21)31)30(29-22)19-10-5-4-7-16(19)14-26/h6,8-9,11-13,16,19H,4-5,7,10,15H2,1-3H3,(H,27,31)(H,28,29). The van der Waals surface area contributed by atoms with E-state index in [9.17, 15) is 10.1 Å². The summed E-state index contributed by atoms with van der Waals surface area (Å²) in [5.74, 6) is -0.266. The molecule has 1 saturated heterocycles. The number of nitrogens with one attached hydrogen (secondary N) is 2. The van der Waals surface area contributed by atoms with Gasteiger partial charge in [0.15, 0.2) is 11.6 Å². The van der Waals surface area contributed by atoms with Gasteiger partial charge in [-0.1, -0.05) is 25.0 Å². The van der Waals surface area contributed by atoms with Crippen molar-refractivity contribution < 1.29 is 9.47 Å². The van der Waals surface area contributed by atoms with Crippen LogP contribution in [0.4, 0.5) is 11.5 Å². The number of nitrogens with zero attached hydrogens (tertiary/aromatic N) is 3. The number of ether oxygens (including phenoxy) is 2. The topological polar surface area (TPSA) is 105 Å². The number of benzene rings is 1. The van der Waals surface area contributed by atoms with E-state index >= 15 is 0 Å². The molecule has 3 atom stereocenters. The molecule has 33 heavy (non-hydrogen) atoms. The quantitative estimate of drug-likeness (QED) is 0.600. The molecule has 0 bridgehead atoms. The molecule has 8 heteroatoms. The van der Waals surface area contributed by atoms with Crippen LogP contribution in [0.5, 0.6) is 0 Å². The van der Waals surface area contributed by atoms with Gasteiger partial charge in [0.05, 0.1) is 30.2 Å². The number of H-pyrrole nitrogens is 1. The minimum absolute atomic E-state index is 0.0416. The minimum atomic E-state index is -0.641. The van der Waals surface area contributed by atoms with Crippen molar-refractivity contribution >= 4 is 22.4 Å². The van der Waals surface area contributed by atoms with E-state index in [1.54, 1.807) is 6.20 Å². The summed E-state index contributed by atoms with van der Waals surface area (Å²) in [6.45, 7) is 6.29. The zero-order valence-electron chi connectivity index (χ0n) is 19.2. The molecule has 5 rings (SSSR count). The lowest BCUT2D eigenvalue weighted by Crippen LogP contribution is -2.28. The van der Waals surface area contributed by atoms with E-state index in [2.05, 4.69) is 16.4 Å². The molecule has 8 nitrogen and oxygen atoms in total. The summed E-state index contributed by atoms with van der Waals surface area (Å²) in [6.07, 6.45) is 5.47. The first-order valence-electron chi connectivity index (χ1n) is 11.5. The fourth-order valence-electron chi connectivity index (χ4n) is 5.11. The molecule has 1 saturated carbocycles. The van der Waals surface area contributed by atoms with Crippen LogP contribution in [0.25, 0.3) is 10.9 Å². The maximum Gasteiger partial charge on any atom is 0.261 e. The van der Waals surface area contributed by atoms with Crippen LogP contribution >= 0.6 is 0 Å². The number of aromatic amines is 1. The molecule has 1 aliphatic heterocycles. The minimum Gasteiger partial charge on any atom is -0.347 e. The van der Waals surface area contributed by atoms with E-state index in [-0.39, 0.29) is 17.5 Å². The Labute approximate surface area is 192 Å². The van der Waals surface area contributed by atoms with Gasteiger partial charge in [-0.2, -0.15) is 10.4 Å². The Kier molecular flexibility index (Phi) is 5.26. The number of hydrogen-bond acceptors (Lipinski definition) is 6. The Balaban J connectivity index is 1.53. The number of fused-ring (bicyclic) bond motifs is 1. The number of hydrogen-bond donors (Lipinski definition) is 2. The van der Waals surface area contributed by atoms with Crippen molar-refractivity contribution in [1.82, 2.24) is 14.8 Å². The Morgan fingerprint density at radius 1 is 1.24 bits per heavy atom. The van der Waals surface area contributed by atoms with Crippen LogP contribution in [0.3, 0.4) is 0 Å². The van der Waals surface area contributed by atoms with Gasteiger partial charge >= 0.3 is 0 Å². The molecule has 3 heterocycles. The summed E-state index contributed by atoms with van der Waals surface area (Å²) in [5.41, 5.74) is 1.75. The monoisotopic (exact) mass is 447 g/mol. The molecular formula is C25H29N5O3. The zero-order chi connectivity index (χ0) is 23.2. The van der Waals surface area contributed by atoms with Crippen LogP contribution in [-0.4, -0.2) is 27.2 Å². The van der Waals surface area contributed by atoms with E-state index < -0.39 is 11.4 Å². The van der Waals surface area contributed by atoms with Crippen molar-refractivity contribution in [3.05, 3.63) is 52.4 Å². The van der Waals surface area contributed by atoms with Crippen molar-refractivity contribution in [3.63, 3.8) is 0 Å². The average Bonchev–Trinajstić information content (AvgIpc) is 3.31. The lowest BCUT2D eigenvalue weighted by atomic mass is 9.85. The van der Waals surface area contributed by atoms with Gasteiger partial charge in [-0.25, -0.2) is 0 Å². The largest absolute Gasteiger partial charge is 0.347 e. The molecule has 0 spiro atoms. The predicted octanol–water partition coefficient (Wildman–Crippen LogP) is 4.72. The van der Waals surface area contributed by atoms with E-state index in [1.807, 2.05) is 55.8 Å². The second-order valence-electron chi connectivity index (χ2n) is 9.67. The average molecular weight is 448 g/mol. The summed E-state index contributed by atoms with van der Waals surface area (Å²) in [7, 11) is 0.